The van der Waals surface area contributed by atoms with Crippen molar-refractivity contribution < 1.29 is 27.8 Å². The summed E-state index contributed by atoms with van der Waals surface area (Å²) < 4.78 is 39.9. The average molecular weight is 244 g/mol. The number of carbonyl (C=O) groups excluding carboxylic acids is 1. The molecule has 0 aromatic rings. The Kier molecular flexibility index (Phi) is 7.86. The normalized spacial score (nSPS) is 11.5. The predicted molar refractivity (Wildman–Crippen MR) is 49.8 cm³/mol. The lowest BCUT2D eigenvalue weighted by Crippen LogP contribution is -2.40. The van der Waals surface area contributed by atoms with Gasteiger partial charge in [0.1, 0.15) is 0 Å². The number of alkyl halides is 3. The molecule has 0 saturated carbocycles. The van der Waals surface area contributed by atoms with Gasteiger partial charge in [0, 0.05) is 19.6 Å². The summed E-state index contributed by atoms with van der Waals surface area (Å²) in [4.78, 5) is 10.3. The molecule has 0 unspecified atom stereocenters. The highest BCUT2D eigenvalue weighted by atomic mass is 19.4. The number of carbonyl (C=O) groups is 1. The molecular formula is C8H15F3N2O3. The maximum Gasteiger partial charge on any atom is 0.471 e. The van der Waals surface area contributed by atoms with Crippen molar-refractivity contribution >= 4 is 5.91 Å². The number of ether oxygens (including phenoxy) is 1. The van der Waals surface area contributed by atoms with Gasteiger partial charge in [-0.15, -0.1) is 0 Å². The van der Waals surface area contributed by atoms with E-state index in [1.54, 1.807) is 5.32 Å². The summed E-state index contributed by atoms with van der Waals surface area (Å²) in [5.74, 6) is -1.94. The number of rotatable bonds is 8. The van der Waals surface area contributed by atoms with Crippen LogP contribution in [0.1, 0.15) is 0 Å². The molecule has 0 rings (SSSR count). The fourth-order valence-electron chi connectivity index (χ4n) is 0.801. The van der Waals surface area contributed by atoms with Crippen molar-refractivity contribution in [2.24, 2.45) is 0 Å². The summed E-state index contributed by atoms with van der Waals surface area (Å²) in [5.41, 5.74) is 0. The van der Waals surface area contributed by atoms with Crippen molar-refractivity contribution in [2.75, 3.05) is 39.5 Å². The minimum absolute atomic E-state index is 0.0678. The van der Waals surface area contributed by atoms with Crippen molar-refractivity contribution in [1.82, 2.24) is 10.6 Å². The van der Waals surface area contributed by atoms with E-state index >= 15 is 0 Å². The molecular weight excluding hydrogens is 229 g/mol. The van der Waals surface area contributed by atoms with Crippen LogP contribution in [0.2, 0.25) is 0 Å². The van der Waals surface area contributed by atoms with Crippen molar-refractivity contribution in [3.8, 4) is 0 Å². The lowest BCUT2D eigenvalue weighted by Gasteiger charge is -2.08. The van der Waals surface area contributed by atoms with Crippen LogP contribution in [-0.2, 0) is 9.53 Å². The van der Waals surface area contributed by atoms with Crippen LogP contribution in [0, 0.1) is 0 Å². The quantitative estimate of drug-likeness (QED) is 0.492. The van der Waals surface area contributed by atoms with Crippen molar-refractivity contribution in [1.29, 1.82) is 0 Å². The van der Waals surface area contributed by atoms with Crippen molar-refractivity contribution in [3.63, 3.8) is 0 Å². The summed E-state index contributed by atoms with van der Waals surface area (Å²) in [6.07, 6.45) is -4.83. The van der Waals surface area contributed by atoms with E-state index in [1.165, 1.54) is 0 Å². The molecule has 0 aromatic heterocycles. The van der Waals surface area contributed by atoms with Gasteiger partial charge in [0.15, 0.2) is 0 Å². The minimum atomic E-state index is -4.83. The number of aliphatic hydroxyl groups excluding tert-OH is 1. The van der Waals surface area contributed by atoms with E-state index in [9.17, 15) is 18.0 Å². The maximum absolute atomic E-state index is 11.7. The van der Waals surface area contributed by atoms with Crippen LogP contribution in [0.25, 0.3) is 0 Å². The van der Waals surface area contributed by atoms with E-state index in [0.29, 0.717) is 13.2 Å². The molecule has 3 N–H and O–H groups in total. The van der Waals surface area contributed by atoms with Gasteiger partial charge >= 0.3 is 12.1 Å². The molecule has 0 heterocycles. The van der Waals surface area contributed by atoms with E-state index in [4.69, 9.17) is 9.84 Å². The molecule has 0 fully saturated rings. The second kappa shape index (κ2) is 8.31. The van der Waals surface area contributed by atoms with Crippen molar-refractivity contribution in [2.45, 2.75) is 6.18 Å². The Labute approximate surface area is 91.0 Å². The van der Waals surface area contributed by atoms with Gasteiger partial charge in [-0.05, 0) is 0 Å². The van der Waals surface area contributed by atoms with E-state index < -0.39 is 12.1 Å². The zero-order chi connectivity index (χ0) is 12.4. The first-order valence-electron chi connectivity index (χ1n) is 4.73. The zero-order valence-corrected chi connectivity index (χ0v) is 8.64. The summed E-state index contributed by atoms with van der Waals surface area (Å²) in [5, 5.41) is 12.8. The Hall–Kier alpha value is -0.860. The monoisotopic (exact) mass is 244 g/mol. The molecule has 0 saturated heterocycles. The molecule has 0 spiro atoms. The Morgan fingerprint density at radius 1 is 1.19 bits per heavy atom. The Balaban J connectivity index is 3.25. The SMILES string of the molecule is O=C(NCCNCCOCCO)C(F)(F)F. The van der Waals surface area contributed by atoms with Crippen LogP contribution in [0.4, 0.5) is 13.2 Å². The van der Waals surface area contributed by atoms with Gasteiger partial charge in [-0.1, -0.05) is 0 Å². The summed E-state index contributed by atoms with van der Waals surface area (Å²) in [6, 6.07) is 0. The Bertz CT molecular complexity index is 199. The molecule has 0 aliphatic heterocycles. The largest absolute Gasteiger partial charge is 0.471 e. The van der Waals surface area contributed by atoms with Gasteiger partial charge in [0.05, 0.1) is 19.8 Å². The topological polar surface area (TPSA) is 70.6 Å². The number of nitrogens with one attached hydrogen (secondary N) is 2. The number of aliphatic hydroxyl groups is 1. The number of amides is 1. The van der Waals surface area contributed by atoms with Crippen LogP contribution < -0.4 is 10.6 Å². The average Bonchev–Trinajstić information content (AvgIpc) is 2.20. The van der Waals surface area contributed by atoms with Gasteiger partial charge in [0.25, 0.3) is 0 Å². The first-order valence-corrected chi connectivity index (χ1v) is 4.73. The third-order valence-electron chi connectivity index (χ3n) is 1.50. The molecule has 96 valence electrons. The minimum Gasteiger partial charge on any atom is -0.394 e. The molecule has 1 amide bonds. The van der Waals surface area contributed by atoms with Crippen LogP contribution in [0.5, 0.6) is 0 Å². The van der Waals surface area contributed by atoms with E-state index in [-0.39, 0.29) is 26.3 Å². The van der Waals surface area contributed by atoms with Gasteiger partial charge in [0.2, 0.25) is 0 Å². The van der Waals surface area contributed by atoms with Crippen LogP contribution in [0.3, 0.4) is 0 Å². The number of hydrogen-bond acceptors (Lipinski definition) is 4. The predicted octanol–water partition coefficient (Wildman–Crippen LogP) is -0.737. The summed E-state index contributed by atoms with van der Waals surface area (Å²) in [7, 11) is 0. The maximum atomic E-state index is 11.7. The Morgan fingerprint density at radius 3 is 2.44 bits per heavy atom. The second-order valence-electron chi connectivity index (χ2n) is 2.84. The van der Waals surface area contributed by atoms with Gasteiger partial charge in [-0.25, -0.2) is 0 Å². The third kappa shape index (κ3) is 8.45. The molecule has 0 aromatic carbocycles. The first-order chi connectivity index (χ1) is 7.48. The van der Waals surface area contributed by atoms with E-state index in [2.05, 4.69) is 5.32 Å². The lowest BCUT2D eigenvalue weighted by molar-refractivity contribution is -0.173. The molecule has 0 bridgehead atoms. The molecule has 0 aliphatic carbocycles. The van der Waals surface area contributed by atoms with Gasteiger partial charge in [-0.3, -0.25) is 4.79 Å². The van der Waals surface area contributed by atoms with Crippen LogP contribution in [0.15, 0.2) is 0 Å². The van der Waals surface area contributed by atoms with E-state index in [1.807, 2.05) is 0 Å². The zero-order valence-electron chi connectivity index (χ0n) is 8.64. The number of halogens is 3. The molecule has 0 atom stereocenters. The molecule has 0 aliphatic rings. The van der Waals surface area contributed by atoms with Crippen molar-refractivity contribution in [3.05, 3.63) is 0 Å². The summed E-state index contributed by atoms with van der Waals surface area (Å²) >= 11 is 0. The molecule has 0 radical (unpaired) electrons. The standard InChI is InChI=1S/C8H15F3N2O3/c9-8(10,11)7(15)13-2-1-12-3-5-16-6-4-14/h12,14H,1-6H2,(H,13,15). The smallest absolute Gasteiger partial charge is 0.394 e. The van der Waals surface area contributed by atoms with Crippen LogP contribution in [-0.4, -0.2) is 56.6 Å². The van der Waals surface area contributed by atoms with Crippen LogP contribution >= 0.6 is 0 Å². The van der Waals surface area contributed by atoms with E-state index in [0.717, 1.165) is 0 Å². The highest BCUT2D eigenvalue weighted by Gasteiger charge is 2.38. The molecule has 5 nitrogen and oxygen atoms in total. The third-order valence-corrected chi connectivity index (χ3v) is 1.50. The molecule has 8 heteroatoms. The fourth-order valence-corrected chi connectivity index (χ4v) is 0.801. The first kappa shape index (κ1) is 15.1. The highest BCUT2D eigenvalue weighted by molar-refractivity contribution is 5.81. The van der Waals surface area contributed by atoms with Gasteiger partial charge in [-0.2, -0.15) is 13.2 Å². The second-order valence-corrected chi connectivity index (χ2v) is 2.84. The highest BCUT2D eigenvalue weighted by Crippen LogP contribution is 2.13. The van der Waals surface area contributed by atoms with Gasteiger partial charge < -0.3 is 20.5 Å². The molecule has 16 heavy (non-hydrogen) atoms. The lowest BCUT2D eigenvalue weighted by atomic mass is 10.5. The fraction of sp³-hybridized carbons (Fsp3) is 0.875. The summed E-state index contributed by atoms with van der Waals surface area (Å²) in [6.45, 7) is 1.09. The Morgan fingerprint density at radius 2 is 1.88 bits per heavy atom. The number of hydrogen-bond donors (Lipinski definition) is 3.